The van der Waals surface area contributed by atoms with Crippen LogP contribution in [0.3, 0.4) is 0 Å². The van der Waals surface area contributed by atoms with E-state index in [4.69, 9.17) is 11.6 Å². The third-order valence-electron chi connectivity index (χ3n) is 5.42. The molecule has 0 bridgehead atoms. The number of carbonyl (C=O) groups is 1. The van der Waals surface area contributed by atoms with Crippen molar-refractivity contribution in [3.8, 4) is 5.69 Å². The second-order valence-electron chi connectivity index (χ2n) is 8.20. The Morgan fingerprint density at radius 3 is 2.56 bits per heavy atom. The van der Waals surface area contributed by atoms with E-state index in [0.717, 1.165) is 34.5 Å². The fourth-order valence-electron chi connectivity index (χ4n) is 3.62. The highest BCUT2D eigenvalue weighted by Gasteiger charge is 2.31. The van der Waals surface area contributed by atoms with Crippen LogP contribution in [0.1, 0.15) is 38.4 Å². The molecule has 0 aliphatic rings. The van der Waals surface area contributed by atoms with Crippen LogP contribution in [0, 0.1) is 13.8 Å². The van der Waals surface area contributed by atoms with Crippen molar-refractivity contribution in [2.45, 2.75) is 37.5 Å². The standard InChI is InChI=1S/C26H22ClF3N4OS/c1-16-5-3-6-18(11-16)15-36-25-33-32-23(34(25)22-13-21(27)10-9-17(22)2)14-31-24(35)19-7-4-8-20(12-19)26(28,29)30/h3-13H,14-15H2,1-2H3,(H,31,35). The van der Waals surface area contributed by atoms with Crippen LogP contribution in [0.5, 0.6) is 0 Å². The lowest BCUT2D eigenvalue weighted by Crippen LogP contribution is -2.25. The van der Waals surface area contributed by atoms with Gasteiger partial charge in [0.2, 0.25) is 0 Å². The maximum absolute atomic E-state index is 13.0. The van der Waals surface area contributed by atoms with Gasteiger partial charge in [0.1, 0.15) is 0 Å². The number of carbonyl (C=O) groups excluding carboxylic acids is 1. The number of alkyl halides is 3. The van der Waals surface area contributed by atoms with Gasteiger partial charge in [-0.2, -0.15) is 13.2 Å². The fourth-order valence-corrected chi connectivity index (χ4v) is 4.69. The molecule has 0 aliphatic heterocycles. The van der Waals surface area contributed by atoms with Crippen LogP contribution in [0.4, 0.5) is 13.2 Å². The van der Waals surface area contributed by atoms with Gasteiger partial charge in [0.05, 0.1) is 17.8 Å². The summed E-state index contributed by atoms with van der Waals surface area (Å²) in [6.07, 6.45) is -4.54. The second kappa shape index (κ2) is 10.8. The minimum atomic E-state index is -4.54. The van der Waals surface area contributed by atoms with Gasteiger partial charge in [-0.1, -0.05) is 65.3 Å². The molecule has 1 aromatic heterocycles. The van der Waals surface area contributed by atoms with Crippen molar-refractivity contribution < 1.29 is 18.0 Å². The van der Waals surface area contributed by atoms with Crippen LogP contribution >= 0.6 is 23.4 Å². The van der Waals surface area contributed by atoms with E-state index in [-0.39, 0.29) is 12.1 Å². The summed E-state index contributed by atoms with van der Waals surface area (Å²) in [4.78, 5) is 12.7. The highest BCUT2D eigenvalue weighted by Crippen LogP contribution is 2.30. The average molecular weight is 531 g/mol. The van der Waals surface area contributed by atoms with Crippen LogP contribution in [-0.2, 0) is 18.5 Å². The molecule has 0 fully saturated rings. The minimum absolute atomic E-state index is 0.0426. The molecule has 0 aliphatic carbocycles. The Labute approximate surface area is 215 Å². The van der Waals surface area contributed by atoms with Crippen molar-refractivity contribution in [3.05, 3.63) is 105 Å². The summed E-state index contributed by atoms with van der Waals surface area (Å²) in [7, 11) is 0. The first-order valence-corrected chi connectivity index (χ1v) is 12.3. The second-order valence-corrected chi connectivity index (χ2v) is 9.58. The molecule has 0 radical (unpaired) electrons. The Kier molecular flexibility index (Phi) is 7.70. The molecule has 1 N–H and O–H groups in total. The van der Waals surface area contributed by atoms with E-state index in [9.17, 15) is 18.0 Å². The summed E-state index contributed by atoms with van der Waals surface area (Å²) in [6, 6.07) is 17.9. The summed E-state index contributed by atoms with van der Waals surface area (Å²) < 4.78 is 41.0. The molecule has 0 saturated heterocycles. The molecule has 36 heavy (non-hydrogen) atoms. The summed E-state index contributed by atoms with van der Waals surface area (Å²) in [6.45, 7) is 3.90. The molecule has 4 aromatic rings. The lowest BCUT2D eigenvalue weighted by Gasteiger charge is -2.14. The number of aromatic nitrogens is 3. The fraction of sp³-hybridized carbons (Fsp3) is 0.192. The third kappa shape index (κ3) is 6.09. The van der Waals surface area contributed by atoms with E-state index in [0.29, 0.717) is 21.8 Å². The highest BCUT2D eigenvalue weighted by atomic mass is 35.5. The lowest BCUT2D eigenvalue weighted by molar-refractivity contribution is -0.137. The normalized spacial score (nSPS) is 11.5. The molecule has 3 aromatic carbocycles. The van der Waals surface area contributed by atoms with E-state index in [1.54, 1.807) is 12.1 Å². The van der Waals surface area contributed by atoms with Gasteiger partial charge in [0, 0.05) is 16.3 Å². The van der Waals surface area contributed by atoms with Crippen molar-refractivity contribution in [3.63, 3.8) is 0 Å². The number of nitrogens with one attached hydrogen (secondary N) is 1. The Morgan fingerprint density at radius 1 is 1.03 bits per heavy atom. The van der Waals surface area contributed by atoms with E-state index >= 15 is 0 Å². The quantitative estimate of drug-likeness (QED) is 0.268. The van der Waals surface area contributed by atoms with E-state index in [1.807, 2.05) is 42.7 Å². The molecule has 0 atom stereocenters. The Balaban J connectivity index is 1.61. The molecule has 4 rings (SSSR count). The molecule has 10 heteroatoms. The number of rotatable bonds is 7. The molecule has 1 amide bonds. The Morgan fingerprint density at radius 2 is 1.81 bits per heavy atom. The summed E-state index contributed by atoms with van der Waals surface area (Å²) in [5.74, 6) is 0.426. The number of thioether (sulfide) groups is 1. The third-order valence-corrected chi connectivity index (χ3v) is 6.66. The zero-order valence-corrected chi connectivity index (χ0v) is 21.0. The van der Waals surface area contributed by atoms with Gasteiger partial charge < -0.3 is 5.32 Å². The minimum Gasteiger partial charge on any atom is -0.345 e. The molecule has 0 spiro atoms. The number of benzene rings is 3. The van der Waals surface area contributed by atoms with Gasteiger partial charge in [-0.15, -0.1) is 10.2 Å². The molecular weight excluding hydrogens is 509 g/mol. The lowest BCUT2D eigenvalue weighted by atomic mass is 10.1. The molecular formula is C26H22ClF3N4OS. The molecule has 5 nitrogen and oxygen atoms in total. The van der Waals surface area contributed by atoms with Crippen molar-refractivity contribution in [1.29, 1.82) is 0 Å². The van der Waals surface area contributed by atoms with E-state index in [2.05, 4.69) is 21.6 Å². The first kappa shape index (κ1) is 25.8. The van der Waals surface area contributed by atoms with Gasteiger partial charge in [0.25, 0.3) is 5.91 Å². The number of amides is 1. The SMILES string of the molecule is Cc1cccc(CSc2nnc(CNC(=O)c3cccc(C(F)(F)F)c3)n2-c2cc(Cl)ccc2C)c1. The van der Waals surface area contributed by atoms with Gasteiger partial charge >= 0.3 is 6.18 Å². The highest BCUT2D eigenvalue weighted by molar-refractivity contribution is 7.98. The maximum atomic E-state index is 13.0. The van der Waals surface area contributed by atoms with Crippen LogP contribution < -0.4 is 5.32 Å². The van der Waals surface area contributed by atoms with Crippen molar-refractivity contribution in [2.75, 3.05) is 0 Å². The molecule has 0 unspecified atom stereocenters. The van der Waals surface area contributed by atoms with Crippen LogP contribution in [0.15, 0.2) is 71.9 Å². The number of aryl methyl sites for hydroxylation is 2. The molecule has 0 saturated carbocycles. The number of nitrogens with zero attached hydrogens (tertiary/aromatic N) is 3. The number of halogens is 4. The maximum Gasteiger partial charge on any atom is 0.416 e. The van der Waals surface area contributed by atoms with Crippen molar-refractivity contribution in [1.82, 2.24) is 20.1 Å². The number of hydrogen-bond acceptors (Lipinski definition) is 4. The van der Waals surface area contributed by atoms with E-state index < -0.39 is 17.6 Å². The van der Waals surface area contributed by atoms with Crippen molar-refractivity contribution in [2.24, 2.45) is 0 Å². The zero-order chi connectivity index (χ0) is 25.9. The van der Waals surface area contributed by atoms with Crippen LogP contribution in [0.2, 0.25) is 5.02 Å². The first-order valence-electron chi connectivity index (χ1n) is 11.0. The summed E-state index contributed by atoms with van der Waals surface area (Å²) >= 11 is 7.75. The predicted octanol–water partition coefficient (Wildman–Crippen LogP) is 6.78. The first-order chi connectivity index (χ1) is 17.1. The smallest absolute Gasteiger partial charge is 0.345 e. The number of hydrogen-bond donors (Lipinski definition) is 1. The topological polar surface area (TPSA) is 59.8 Å². The summed E-state index contributed by atoms with van der Waals surface area (Å²) in [5.41, 5.74) is 2.96. The molecule has 186 valence electrons. The van der Waals surface area contributed by atoms with Gasteiger partial charge in [-0.25, -0.2) is 0 Å². The largest absolute Gasteiger partial charge is 0.416 e. The van der Waals surface area contributed by atoms with Gasteiger partial charge in [-0.05, 0) is 55.3 Å². The van der Waals surface area contributed by atoms with E-state index in [1.165, 1.54) is 23.9 Å². The zero-order valence-electron chi connectivity index (χ0n) is 19.4. The predicted molar refractivity (Wildman–Crippen MR) is 134 cm³/mol. The summed E-state index contributed by atoms with van der Waals surface area (Å²) in [5, 5.41) is 12.4. The van der Waals surface area contributed by atoms with Crippen molar-refractivity contribution >= 4 is 29.3 Å². The van der Waals surface area contributed by atoms with Gasteiger partial charge in [-0.3, -0.25) is 9.36 Å². The monoisotopic (exact) mass is 530 g/mol. The average Bonchev–Trinajstić information content (AvgIpc) is 3.25. The van der Waals surface area contributed by atoms with Crippen LogP contribution in [-0.4, -0.2) is 20.7 Å². The van der Waals surface area contributed by atoms with Gasteiger partial charge in [0.15, 0.2) is 11.0 Å². The Bertz CT molecular complexity index is 1400. The van der Waals surface area contributed by atoms with Crippen LogP contribution in [0.25, 0.3) is 5.69 Å². The molecule has 1 heterocycles. The Hall–Kier alpha value is -3.30.